The van der Waals surface area contributed by atoms with Gasteiger partial charge in [-0.1, -0.05) is 29.4 Å². The van der Waals surface area contributed by atoms with Crippen molar-refractivity contribution in [2.45, 2.75) is 16.3 Å². The molecule has 1 nitrogen and oxygen atoms in total. The van der Waals surface area contributed by atoms with Gasteiger partial charge >= 0.3 is 0 Å². The Morgan fingerprint density at radius 2 is 1.95 bits per heavy atom. The lowest BCUT2D eigenvalue weighted by Crippen LogP contribution is -2.06. The van der Waals surface area contributed by atoms with Crippen molar-refractivity contribution in [2.24, 2.45) is 0 Å². The zero-order chi connectivity index (χ0) is 13.8. The first-order valence-electron chi connectivity index (χ1n) is 5.66. The third kappa shape index (κ3) is 3.47. The second kappa shape index (κ2) is 6.37. The van der Waals surface area contributed by atoms with E-state index in [0.29, 0.717) is 16.5 Å². The summed E-state index contributed by atoms with van der Waals surface area (Å²) in [6, 6.07) is 9.02. The van der Waals surface area contributed by atoms with Crippen LogP contribution < -0.4 is 5.32 Å². The van der Waals surface area contributed by atoms with Gasteiger partial charge in [-0.2, -0.15) is 0 Å². The van der Waals surface area contributed by atoms with Crippen LogP contribution in [0.25, 0.3) is 0 Å². The highest BCUT2D eigenvalue weighted by molar-refractivity contribution is 7.99. The molecule has 0 aliphatic carbocycles. The van der Waals surface area contributed by atoms with Crippen LogP contribution in [0.3, 0.4) is 0 Å². The second-order valence-electron chi connectivity index (χ2n) is 3.92. The second-order valence-corrected chi connectivity index (χ2v) is 5.41. The Bertz CT molecular complexity index is 590. The molecule has 0 aliphatic heterocycles. The van der Waals surface area contributed by atoms with E-state index in [-0.39, 0.29) is 0 Å². The molecule has 0 atom stereocenters. The lowest BCUT2D eigenvalue weighted by molar-refractivity contribution is 0.565. The fourth-order valence-corrected chi connectivity index (χ4v) is 2.94. The molecule has 5 heteroatoms. The molecule has 0 saturated carbocycles. The molecule has 0 radical (unpaired) electrons. The molecule has 0 saturated heterocycles. The molecule has 2 rings (SSSR count). The van der Waals surface area contributed by atoms with Gasteiger partial charge in [-0.25, -0.2) is 8.78 Å². The van der Waals surface area contributed by atoms with Crippen LogP contribution in [-0.4, -0.2) is 7.05 Å². The van der Waals surface area contributed by atoms with Crippen molar-refractivity contribution in [3.05, 3.63) is 58.6 Å². The summed E-state index contributed by atoms with van der Waals surface area (Å²) in [5.74, 6) is -1.15. The molecule has 2 aromatic carbocycles. The molecule has 0 aromatic heterocycles. The summed E-state index contributed by atoms with van der Waals surface area (Å²) in [6.45, 7) is 0.588. The van der Waals surface area contributed by atoms with Crippen molar-refractivity contribution in [2.75, 3.05) is 7.05 Å². The van der Waals surface area contributed by atoms with E-state index in [0.717, 1.165) is 16.5 Å². The van der Waals surface area contributed by atoms with E-state index in [4.69, 9.17) is 11.6 Å². The first kappa shape index (κ1) is 14.3. The van der Waals surface area contributed by atoms with Crippen LogP contribution in [0, 0.1) is 11.6 Å². The van der Waals surface area contributed by atoms with Gasteiger partial charge in [0.05, 0.1) is 0 Å². The molecule has 0 amide bonds. The maximum Gasteiger partial charge on any atom is 0.140 e. The van der Waals surface area contributed by atoms with Crippen LogP contribution in [0.4, 0.5) is 8.78 Å². The average molecular weight is 300 g/mol. The smallest absolute Gasteiger partial charge is 0.140 e. The minimum absolute atomic E-state index is 0.376. The zero-order valence-corrected chi connectivity index (χ0v) is 11.8. The van der Waals surface area contributed by atoms with Crippen molar-refractivity contribution < 1.29 is 8.78 Å². The highest BCUT2D eigenvalue weighted by Crippen LogP contribution is 2.35. The Morgan fingerprint density at radius 1 is 1.16 bits per heavy atom. The third-order valence-electron chi connectivity index (χ3n) is 2.54. The van der Waals surface area contributed by atoms with E-state index in [2.05, 4.69) is 5.32 Å². The fraction of sp³-hybridized carbons (Fsp3) is 0.143. The monoisotopic (exact) mass is 299 g/mol. The van der Waals surface area contributed by atoms with E-state index < -0.39 is 11.6 Å². The molecule has 19 heavy (non-hydrogen) atoms. The molecule has 0 unspecified atom stereocenters. The number of nitrogens with one attached hydrogen (secondary N) is 1. The van der Waals surface area contributed by atoms with Crippen LogP contribution in [-0.2, 0) is 6.54 Å². The van der Waals surface area contributed by atoms with Gasteiger partial charge in [0.1, 0.15) is 11.6 Å². The van der Waals surface area contributed by atoms with Gasteiger partial charge in [0.2, 0.25) is 0 Å². The third-order valence-corrected chi connectivity index (χ3v) is 4.05. The minimum Gasteiger partial charge on any atom is -0.316 e. The van der Waals surface area contributed by atoms with Crippen LogP contribution in [0.5, 0.6) is 0 Å². The van der Waals surface area contributed by atoms with Gasteiger partial charge in [-0.3, -0.25) is 0 Å². The van der Waals surface area contributed by atoms with Crippen molar-refractivity contribution in [1.82, 2.24) is 5.32 Å². The van der Waals surface area contributed by atoms with Gasteiger partial charge in [-0.15, -0.1) is 0 Å². The summed E-state index contributed by atoms with van der Waals surface area (Å²) < 4.78 is 26.5. The molecule has 1 N–H and O–H groups in total. The van der Waals surface area contributed by atoms with Gasteiger partial charge in [0, 0.05) is 27.4 Å². The van der Waals surface area contributed by atoms with Gasteiger partial charge < -0.3 is 5.32 Å². The maximum atomic E-state index is 13.6. The maximum absolute atomic E-state index is 13.6. The summed E-state index contributed by atoms with van der Waals surface area (Å²) in [7, 11) is 1.82. The Labute approximate surface area is 120 Å². The predicted octanol–water partition coefficient (Wildman–Crippen LogP) is 4.49. The summed E-state index contributed by atoms with van der Waals surface area (Å²) in [5, 5.41) is 3.65. The molecule has 0 heterocycles. The molecule has 0 bridgehead atoms. The summed E-state index contributed by atoms with van der Waals surface area (Å²) in [5.41, 5.74) is 0.903. The Hall–Kier alpha value is -1.10. The standard InChI is InChI=1S/C14H12ClF2NS/c1-18-8-10-11(15)3-2-4-13(10)19-14-6-5-9(16)7-12(14)17/h2-7,18H,8H2,1H3. The molecule has 0 aliphatic rings. The number of hydrogen-bond donors (Lipinski definition) is 1. The SMILES string of the molecule is CNCc1c(Cl)cccc1Sc1ccc(F)cc1F. The quantitative estimate of drug-likeness (QED) is 0.893. The van der Waals surface area contributed by atoms with E-state index >= 15 is 0 Å². The zero-order valence-electron chi connectivity index (χ0n) is 10.2. The number of benzene rings is 2. The minimum atomic E-state index is -0.580. The lowest BCUT2D eigenvalue weighted by Gasteiger charge is -2.11. The average Bonchev–Trinajstić information content (AvgIpc) is 2.37. The molecule has 2 aromatic rings. The van der Waals surface area contributed by atoms with Crippen LogP contribution in [0.15, 0.2) is 46.2 Å². The van der Waals surface area contributed by atoms with Crippen LogP contribution >= 0.6 is 23.4 Å². The Kier molecular flexibility index (Phi) is 4.80. The molecule has 100 valence electrons. The largest absolute Gasteiger partial charge is 0.316 e. The van der Waals surface area contributed by atoms with Crippen molar-refractivity contribution in [3.63, 3.8) is 0 Å². The first-order valence-corrected chi connectivity index (χ1v) is 6.86. The highest BCUT2D eigenvalue weighted by atomic mass is 35.5. The summed E-state index contributed by atoms with van der Waals surface area (Å²) >= 11 is 7.37. The fourth-order valence-electron chi connectivity index (χ4n) is 1.66. The van der Waals surface area contributed by atoms with E-state index in [1.54, 1.807) is 6.07 Å². The van der Waals surface area contributed by atoms with Gasteiger partial charge in [-0.05, 0) is 36.9 Å². The number of halogens is 3. The molecule has 0 spiro atoms. The van der Waals surface area contributed by atoms with Gasteiger partial charge in [0.15, 0.2) is 0 Å². The molecular weight excluding hydrogens is 288 g/mol. The Balaban J connectivity index is 2.35. The van der Waals surface area contributed by atoms with E-state index in [1.165, 1.54) is 23.9 Å². The van der Waals surface area contributed by atoms with Crippen molar-refractivity contribution >= 4 is 23.4 Å². The normalized spacial score (nSPS) is 10.7. The van der Waals surface area contributed by atoms with Crippen LogP contribution in [0.1, 0.15) is 5.56 Å². The van der Waals surface area contributed by atoms with E-state index in [9.17, 15) is 8.78 Å². The van der Waals surface area contributed by atoms with Crippen LogP contribution in [0.2, 0.25) is 5.02 Å². The topological polar surface area (TPSA) is 12.0 Å². The van der Waals surface area contributed by atoms with Crippen molar-refractivity contribution in [1.29, 1.82) is 0 Å². The molecule has 0 fully saturated rings. The summed E-state index contributed by atoms with van der Waals surface area (Å²) in [4.78, 5) is 1.23. The Morgan fingerprint density at radius 3 is 2.63 bits per heavy atom. The summed E-state index contributed by atoms with van der Waals surface area (Å²) in [6.07, 6.45) is 0. The van der Waals surface area contributed by atoms with Gasteiger partial charge in [0.25, 0.3) is 0 Å². The highest BCUT2D eigenvalue weighted by Gasteiger charge is 2.11. The van der Waals surface area contributed by atoms with E-state index in [1.807, 2.05) is 19.2 Å². The lowest BCUT2D eigenvalue weighted by atomic mass is 10.2. The molecular formula is C14H12ClF2NS. The number of hydrogen-bond acceptors (Lipinski definition) is 2. The predicted molar refractivity (Wildman–Crippen MR) is 74.7 cm³/mol. The van der Waals surface area contributed by atoms with Crippen molar-refractivity contribution in [3.8, 4) is 0 Å². The first-order chi connectivity index (χ1) is 9.11. The number of rotatable bonds is 4.